The van der Waals surface area contributed by atoms with E-state index in [1.807, 2.05) is 0 Å². The van der Waals surface area contributed by atoms with Gasteiger partial charge < -0.3 is 5.11 Å². The first kappa shape index (κ1) is 14.7. The summed E-state index contributed by atoms with van der Waals surface area (Å²) in [6.07, 6.45) is 0. The number of rotatable bonds is 4. The van der Waals surface area contributed by atoms with Crippen LogP contribution in [0, 0.1) is 0 Å². The molecule has 1 aliphatic rings. The number of sulfone groups is 2. The molecule has 0 atom stereocenters. The molecule has 0 aromatic heterocycles. The fraction of sp³-hybridized carbons (Fsp3) is 0.250. The Balaban J connectivity index is 2.60. The third-order valence-electron chi connectivity index (χ3n) is 2.99. The number of hydrogen-bond acceptors (Lipinski definition) is 5. The summed E-state index contributed by atoms with van der Waals surface area (Å²) in [6.45, 7) is 1.47. The molecule has 1 heterocycles. The lowest BCUT2D eigenvalue weighted by molar-refractivity contribution is 0.0696. The Hall–Kier alpha value is -1.67. The van der Waals surface area contributed by atoms with Gasteiger partial charge in [0.1, 0.15) is 0 Å². The van der Waals surface area contributed by atoms with Crippen LogP contribution in [0.25, 0.3) is 5.57 Å². The minimum Gasteiger partial charge on any atom is -0.478 e. The molecule has 6 nitrogen and oxygen atoms in total. The van der Waals surface area contributed by atoms with Crippen molar-refractivity contribution in [3.8, 4) is 0 Å². The van der Waals surface area contributed by atoms with E-state index < -0.39 is 31.4 Å². The van der Waals surface area contributed by atoms with E-state index in [-0.39, 0.29) is 27.3 Å². The Morgan fingerprint density at radius 1 is 1.30 bits per heavy atom. The molecule has 0 bridgehead atoms. The number of carboxylic acid groups (broad SMARTS) is 1. The van der Waals surface area contributed by atoms with Crippen LogP contribution < -0.4 is 0 Å². The number of benzene rings is 1. The lowest BCUT2D eigenvalue weighted by Gasteiger charge is -2.05. The van der Waals surface area contributed by atoms with Crippen LogP contribution in [0.5, 0.6) is 0 Å². The third-order valence-corrected chi connectivity index (χ3v) is 6.19. The zero-order valence-electron chi connectivity index (χ0n) is 10.5. The molecule has 0 aliphatic carbocycles. The maximum atomic E-state index is 11.9. The molecular weight excluding hydrogens is 304 g/mol. The van der Waals surface area contributed by atoms with Crippen LogP contribution in [0.1, 0.15) is 22.8 Å². The van der Waals surface area contributed by atoms with Gasteiger partial charge in [0.15, 0.2) is 9.84 Å². The molecule has 0 unspecified atom stereocenters. The topological polar surface area (TPSA) is 106 Å². The van der Waals surface area contributed by atoms with Gasteiger partial charge in [-0.3, -0.25) is 0 Å². The van der Waals surface area contributed by atoms with Gasteiger partial charge in [-0.25, -0.2) is 21.6 Å². The van der Waals surface area contributed by atoms with E-state index in [4.69, 9.17) is 5.11 Å². The standard InChI is InChI=1S/C12H12O6S2/c1-2-19(15,16)6-9-7-20(17,18)11-4-3-8(12(13)14)5-10(9)11/h3-5,7H,2,6H2,1H3,(H,13,14). The van der Waals surface area contributed by atoms with Crippen molar-refractivity contribution < 1.29 is 26.7 Å². The summed E-state index contributed by atoms with van der Waals surface area (Å²) in [5, 5.41) is 9.82. The smallest absolute Gasteiger partial charge is 0.335 e. The van der Waals surface area contributed by atoms with Crippen LogP contribution >= 0.6 is 0 Å². The molecule has 2 rings (SSSR count). The number of hydrogen-bond donors (Lipinski definition) is 1. The molecule has 0 radical (unpaired) electrons. The maximum Gasteiger partial charge on any atom is 0.335 e. The second-order valence-corrected chi connectivity index (χ2v) is 8.50. The van der Waals surface area contributed by atoms with E-state index in [2.05, 4.69) is 0 Å². The quantitative estimate of drug-likeness (QED) is 0.886. The molecule has 108 valence electrons. The SMILES string of the molecule is CCS(=O)(=O)CC1=CS(=O)(=O)c2ccc(C(=O)O)cc21. The van der Waals surface area contributed by atoms with Crippen molar-refractivity contribution in [1.29, 1.82) is 0 Å². The van der Waals surface area contributed by atoms with Crippen LogP contribution in [0.15, 0.2) is 28.5 Å². The first-order chi connectivity index (χ1) is 9.16. The summed E-state index contributed by atoms with van der Waals surface area (Å²) in [6, 6.07) is 3.57. The van der Waals surface area contributed by atoms with Gasteiger partial charge >= 0.3 is 5.97 Å². The van der Waals surface area contributed by atoms with E-state index in [0.29, 0.717) is 0 Å². The first-order valence-electron chi connectivity index (χ1n) is 5.70. The largest absolute Gasteiger partial charge is 0.478 e. The van der Waals surface area contributed by atoms with E-state index in [0.717, 1.165) is 5.41 Å². The van der Waals surface area contributed by atoms with E-state index in [1.165, 1.54) is 25.1 Å². The molecule has 1 N–H and O–H groups in total. The Kier molecular flexibility index (Phi) is 3.47. The second-order valence-electron chi connectivity index (χ2n) is 4.38. The number of fused-ring (bicyclic) bond motifs is 1. The predicted octanol–water partition coefficient (Wildman–Crippen LogP) is 0.948. The molecule has 0 saturated carbocycles. The number of carbonyl (C=O) groups is 1. The van der Waals surface area contributed by atoms with Gasteiger partial charge in [0.25, 0.3) is 0 Å². The average Bonchev–Trinajstić information content (AvgIpc) is 2.60. The third kappa shape index (κ3) is 2.61. The molecule has 1 aliphatic heterocycles. The molecule has 1 aromatic carbocycles. The Morgan fingerprint density at radius 3 is 2.50 bits per heavy atom. The lowest BCUT2D eigenvalue weighted by atomic mass is 10.1. The Bertz CT molecular complexity index is 816. The lowest BCUT2D eigenvalue weighted by Crippen LogP contribution is -2.10. The Labute approximate surface area is 116 Å². The van der Waals surface area contributed by atoms with Crippen LogP contribution in [-0.4, -0.2) is 39.4 Å². The van der Waals surface area contributed by atoms with E-state index in [9.17, 15) is 21.6 Å². The van der Waals surface area contributed by atoms with Crippen LogP contribution in [0.3, 0.4) is 0 Å². The highest BCUT2D eigenvalue weighted by Crippen LogP contribution is 2.34. The van der Waals surface area contributed by atoms with E-state index in [1.54, 1.807) is 0 Å². The van der Waals surface area contributed by atoms with Crippen molar-refractivity contribution in [1.82, 2.24) is 0 Å². The van der Waals surface area contributed by atoms with Gasteiger partial charge in [-0.15, -0.1) is 0 Å². The summed E-state index contributed by atoms with van der Waals surface area (Å²) in [5.41, 5.74) is 0.188. The molecule has 0 amide bonds. The maximum absolute atomic E-state index is 11.9. The highest BCUT2D eigenvalue weighted by atomic mass is 32.2. The highest BCUT2D eigenvalue weighted by molar-refractivity contribution is 7.95. The number of carboxylic acids is 1. The van der Waals surface area contributed by atoms with Crippen molar-refractivity contribution in [3.63, 3.8) is 0 Å². The van der Waals surface area contributed by atoms with Crippen molar-refractivity contribution in [2.75, 3.05) is 11.5 Å². The zero-order valence-corrected chi connectivity index (χ0v) is 12.2. The fourth-order valence-electron chi connectivity index (χ4n) is 1.93. The van der Waals surface area contributed by atoms with Crippen LogP contribution in [0.2, 0.25) is 0 Å². The van der Waals surface area contributed by atoms with Gasteiger partial charge in [-0.05, 0) is 29.3 Å². The average molecular weight is 316 g/mol. The molecule has 8 heteroatoms. The van der Waals surface area contributed by atoms with Gasteiger partial charge in [-0.1, -0.05) is 6.92 Å². The highest BCUT2D eigenvalue weighted by Gasteiger charge is 2.29. The summed E-state index contributed by atoms with van der Waals surface area (Å²) in [4.78, 5) is 10.9. The first-order valence-corrected chi connectivity index (χ1v) is 9.07. The van der Waals surface area contributed by atoms with Crippen molar-refractivity contribution in [3.05, 3.63) is 34.7 Å². The van der Waals surface area contributed by atoms with Gasteiger partial charge in [0, 0.05) is 11.2 Å². The predicted molar refractivity (Wildman–Crippen MR) is 72.9 cm³/mol. The molecular formula is C12H12O6S2. The molecule has 1 aromatic rings. The summed E-state index contributed by atoms with van der Waals surface area (Å²) >= 11 is 0. The van der Waals surface area contributed by atoms with Crippen LogP contribution in [-0.2, 0) is 19.7 Å². The normalized spacial score (nSPS) is 16.6. The molecule has 0 fully saturated rings. The van der Waals surface area contributed by atoms with Gasteiger partial charge in [0.05, 0.1) is 16.2 Å². The monoisotopic (exact) mass is 316 g/mol. The van der Waals surface area contributed by atoms with E-state index >= 15 is 0 Å². The minimum atomic E-state index is -3.70. The summed E-state index contributed by atoms with van der Waals surface area (Å²) in [7, 11) is -7.11. The zero-order chi connectivity index (χ0) is 15.1. The van der Waals surface area contributed by atoms with Crippen molar-refractivity contribution in [2.24, 2.45) is 0 Å². The van der Waals surface area contributed by atoms with Gasteiger partial charge in [0.2, 0.25) is 9.84 Å². The molecule has 0 saturated heterocycles. The molecule has 0 spiro atoms. The number of aromatic carboxylic acids is 1. The summed E-state index contributed by atoms with van der Waals surface area (Å²) in [5.74, 6) is -1.73. The minimum absolute atomic E-state index is 0.0520. The van der Waals surface area contributed by atoms with Crippen molar-refractivity contribution >= 4 is 31.2 Å². The van der Waals surface area contributed by atoms with Gasteiger partial charge in [-0.2, -0.15) is 0 Å². The van der Waals surface area contributed by atoms with Crippen molar-refractivity contribution in [2.45, 2.75) is 11.8 Å². The summed E-state index contributed by atoms with van der Waals surface area (Å²) < 4.78 is 47.1. The molecule has 20 heavy (non-hydrogen) atoms. The fourth-order valence-corrected chi connectivity index (χ4v) is 4.42. The Morgan fingerprint density at radius 2 is 1.95 bits per heavy atom. The van der Waals surface area contributed by atoms with Crippen LogP contribution in [0.4, 0.5) is 0 Å². The second kappa shape index (κ2) is 4.71.